The minimum Gasteiger partial charge on any atom is -0.497 e. The van der Waals surface area contributed by atoms with Crippen molar-refractivity contribution < 1.29 is 19.1 Å². The van der Waals surface area contributed by atoms with Gasteiger partial charge in [-0.3, -0.25) is 4.79 Å². The van der Waals surface area contributed by atoms with Gasteiger partial charge in [-0.25, -0.2) is 9.78 Å². The number of para-hydroxylation sites is 1. The third-order valence-electron chi connectivity index (χ3n) is 6.36. The number of carbonyl (C=O) groups excluding carboxylic acids is 2. The molecule has 2 aromatic carbocycles. The predicted molar refractivity (Wildman–Crippen MR) is 127 cm³/mol. The highest BCUT2D eigenvalue weighted by Crippen LogP contribution is 2.31. The highest BCUT2D eigenvalue weighted by Gasteiger charge is 2.26. The summed E-state index contributed by atoms with van der Waals surface area (Å²) in [6, 6.07) is 15.3. The number of pyridine rings is 1. The number of amides is 1. The maximum atomic E-state index is 13.1. The van der Waals surface area contributed by atoms with Gasteiger partial charge < -0.3 is 19.3 Å². The van der Waals surface area contributed by atoms with Crippen LogP contribution in [0.3, 0.4) is 0 Å². The van der Waals surface area contributed by atoms with E-state index in [9.17, 15) is 9.59 Å². The van der Waals surface area contributed by atoms with Gasteiger partial charge in [-0.2, -0.15) is 0 Å². The maximum Gasteiger partial charge on any atom is 0.342 e. The van der Waals surface area contributed by atoms with Gasteiger partial charge in [0.05, 0.1) is 12.6 Å². The molecule has 2 aliphatic heterocycles. The first kappa shape index (κ1) is 21.2. The van der Waals surface area contributed by atoms with E-state index >= 15 is 0 Å². The van der Waals surface area contributed by atoms with E-state index in [1.165, 1.54) is 0 Å². The number of hydrogen-bond acceptors (Lipinski definition) is 6. The number of hydrogen-bond donors (Lipinski definition) is 0. The van der Waals surface area contributed by atoms with Crippen molar-refractivity contribution in [1.82, 2.24) is 4.98 Å². The number of aryl methyl sites for hydroxylation is 1. The Balaban J connectivity index is 1.35. The van der Waals surface area contributed by atoms with E-state index in [1.807, 2.05) is 48.5 Å². The van der Waals surface area contributed by atoms with Gasteiger partial charge in [0.15, 0.2) is 6.61 Å². The van der Waals surface area contributed by atoms with Crippen LogP contribution < -0.4 is 14.5 Å². The number of aromatic nitrogens is 1. The molecule has 3 aromatic rings. The van der Waals surface area contributed by atoms with Crippen molar-refractivity contribution in [3.8, 4) is 5.75 Å². The average Bonchev–Trinajstić information content (AvgIpc) is 3.40. The Kier molecular flexibility index (Phi) is 5.86. The third kappa shape index (κ3) is 4.23. The standard InChI is InChI=1S/C26H27N3O4/c1-32-20-10-11-23-19(15-20)8-6-14-29(23)24(30)17-33-26(31)21-16-18-7-2-3-9-22(18)27-25(21)28-12-4-5-13-28/h2-3,7,9-11,15-16H,4-6,8,12-14,17H2,1H3. The van der Waals surface area contributed by atoms with Crippen LogP contribution in [-0.2, 0) is 16.0 Å². The van der Waals surface area contributed by atoms with Crippen LogP contribution in [0, 0.1) is 0 Å². The van der Waals surface area contributed by atoms with Gasteiger partial charge in [-0.05, 0) is 61.6 Å². The quantitative estimate of drug-likeness (QED) is 0.553. The second-order valence-corrected chi connectivity index (χ2v) is 8.47. The Morgan fingerprint density at radius 1 is 1.00 bits per heavy atom. The van der Waals surface area contributed by atoms with Crippen LogP contribution in [0.2, 0.25) is 0 Å². The molecular formula is C26H27N3O4. The normalized spacial score (nSPS) is 15.4. The summed E-state index contributed by atoms with van der Waals surface area (Å²) in [5.41, 5.74) is 3.17. The number of esters is 1. The molecule has 0 aliphatic carbocycles. The highest BCUT2D eigenvalue weighted by molar-refractivity contribution is 6.02. The molecule has 0 spiro atoms. The minimum atomic E-state index is -0.518. The van der Waals surface area contributed by atoms with Gasteiger partial charge in [0.25, 0.3) is 5.91 Å². The first-order valence-electron chi connectivity index (χ1n) is 11.4. The summed E-state index contributed by atoms with van der Waals surface area (Å²) in [6.07, 6.45) is 3.88. The maximum absolute atomic E-state index is 13.1. The van der Waals surface area contributed by atoms with Crippen LogP contribution in [0.4, 0.5) is 11.5 Å². The molecule has 0 atom stereocenters. The van der Waals surface area contributed by atoms with Gasteiger partial charge in [-0.15, -0.1) is 0 Å². The highest BCUT2D eigenvalue weighted by atomic mass is 16.5. The van der Waals surface area contributed by atoms with Crippen LogP contribution in [-0.4, -0.2) is 50.2 Å². The van der Waals surface area contributed by atoms with Crippen molar-refractivity contribution in [3.05, 3.63) is 59.7 Å². The lowest BCUT2D eigenvalue weighted by Crippen LogP contribution is -2.38. The molecule has 0 bridgehead atoms. The molecule has 3 heterocycles. The second-order valence-electron chi connectivity index (χ2n) is 8.47. The van der Waals surface area contributed by atoms with Crippen molar-refractivity contribution in [2.75, 3.05) is 43.2 Å². The Morgan fingerprint density at radius 2 is 1.82 bits per heavy atom. The first-order chi connectivity index (χ1) is 16.1. The zero-order valence-corrected chi connectivity index (χ0v) is 18.8. The molecular weight excluding hydrogens is 418 g/mol. The van der Waals surface area contributed by atoms with Crippen molar-refractivity contribution in [3.63, 3.8) is 0 Å². The van der Waals surface area contributed by atoms with E-state index in [4.69, 9.17) is 14.5 Å². The van der Waals surface area contributed by atoms with E-state index in [1.54, 1.807) is 12.0 Å². The number of methoxy groups -OCH3 is 1. The molecule has 170 valence electrons. The summed E-state index contributed by atoms with van der Waals surface area (Å²) in [6.45, 7) is 2.01. The molecule has 1 aromatic heterocycles. The lowest BCUT2D eigenvalue weighted by Gasteiger charge is -2.29. The predicted octanol–water partition coefficient (Wildman–Crippen LogP) is 3.98. The zero-order valence-electron chi connectivity index (χ0n) is 18.8. The van der Waals surface area contributed by atoms with Crippen LogP contribution in [0.15, 0.2) is 48.5 Å². The zero-order chi connectivity index (χ0) is 22.8. The molecule has 5 rings (SSSR count). The molecule has 7 heteroatoms. The van der Waals surface area contributed by atoms with Gasteiger partial charge in [0.2, 0.25) is 0 Å². The fourth-order valence-electron chi connectivity index (χ4n) is 4.67. The monoisotopic (exact) mass is 445 g/mol. The molecule has 1 amide bonds. The van der Waals surface area contributed by atoms with E-state index in [2.05, 4.69) is 4.90 Å². The van der Waals surface area contributed by atoms with Gasteiger partial charge >= 0.3 is 5.97 Å². The number of carbonyl (C=O) groups is 2. The average molecular weight is 446 g/mol. The van der Waals surface area contributed by atoms with Crippen LogP contribution in [0.5, 0.6) is 5.75 Å². The number of rotatable bonds is 5. The van der Waals surface area contributed by atoms with Gasteiger partial charge in [0.1, 0.15) is 17.1 Å². The summed E-state index contributed by atoms with van der Waals surface area (Å²) in [7, 11) is 1.63. The van der Waals surface area contributed by atoms with Gasteiger partial charge in [-0.1, -0.05) is 18.2 Å². The SMILES string of the molecule is COc1ccc2c(c1)CCCN2C(=O)COC(=O)c1cc2ccccc2nc1N1CCCC1. The Hall–Kier alpha value is -3.61. The minimum absolute atomic E-state index is 0.231. The largest absolute Gasteiger partial charge is 0.497 e. The number of anilines is 2. The van der Waals surface area contributed by atoms with E-state index in [0.29, 0.717) is 17.9 Å². The van der Waals surface area contributed by atoms with Crippen LogP contribution in [0.1, 0.15) is 35.2 Å². The smallest absolute Gasteiger partial charge is 0.342 e. The molecule has 0 unspecified atom stereocenters. The lowest BCUT2D eigenvalue weighted by atomic mass is 10.0. The summed E-state index contributed by atoms with van der Waals surface area (Å²) >= 11 is 0. The van der Waals surface area contributed by atoms with E-state index < -0.39 is 5.97 Å². The summed E-state index contributed by atoms with van der Waals surface area (Å²) in [4.78, 5) is 34.7. The van der Waals surface area contributed by atoms with Gasteiger partial charge in [0, 0.05) is 30.7 Å². The van der Waals surface area contributed by atoms with Crippen molar-refractivity contribution in [2.45, 2.75) is 25.7 Å². The Morgan fingerprint density at radius 3 is 2.64 bits per heavy atom. The summed E-state index contributed by atoms with van der Waals surface area (Å²) < 4.78 is 10.8. The molecule has 0 N–H and O–H groups in total. The molecule has 33 heavy (non-hydrogen) atoms. The fraction of sp³-hybridized carbons (Fsp3) is 0.346. The molecule has 2 aliphatic rings. The van der Waals surface area contributed by atoms with Crippen molar-refractivity contribution >= 4 is 34.3 Å². The fourth-order valence-corrected chi connectivity index (χ4v) is 4.67. The molecule has 7 nitrogen and oxygen atoms in total. The number of ether oxygens (including phenoxy) is 2. The molecule has 0 radical (unpaired) electrons. The summed E-state index contributed by atoms with van der Waals surface area (Å²) in [5.74, 6) is 0.660. The number of fused-ring (bicyclic) bond motifs is 2. The number of benzene rings is 2. The molecule has 0 saturated carbocycles. The second kappa shape index (κ2) is 9.10. The summed E-state index contributed by atoms with van der Waals surface area (Å²) in [5, 5.41) is 0.873. The van der Waals surface area contributed by atoms with Crippen LogP contribution >= 0.6 is 0 Å². The Bertz CT molecular complexity index is 1200. The topological polar surface area (TPSA) is 72.0 Å². The number of nitrogens with zero attached hydrogens (tertiary/aromatic N) is 3. The Labute approximate surface area is 192 Å². The van der Waals surface area contributed by atoms with Crippen molar-refractivity contribution in [2.24, 2.45) is 0 Å². The molecule has 1 fully saturated rings. The van der Waals surface area contributed by atoms with Crippen LogP contribution in [0.25, 0.3) is 10.9 Å². The van der Waals surface area contributed by atoms with Crippen molar-refractivity contribution in [1.29, 1.82) is 0 Å². The third-order valence-corrected chi connectivity index (χ3v) is 6.36. The molecule has 1 saturated heterocycles. The van der Waals surface area contributed by atoms with E-state index in [0.717, 1.165) is 66.7 Å². The first-order valence-corrected chi connectivity index (χ1v) is 11.4. The van der Waals surface area contributed by atoms with E-state index in [-0.39, 0.29) is 12.5 Å². The lowest BCUT2D eigenvalue weighted by molar-refractivity contribution is -0.121.